The van der Waals surface area contributed by atoms with Crippen molar-refractivity contribution in [3.8, 4) is 5.75 Å². The van der Waals surface area contributed by atoms with Crippen LogP contribution in [0.25, 0.3) is 0 Å². The van der Waals surface area contributed by atoms with Gasteiger partial charge in [0.05, 0.1) is 7.11 Å². The van der Waals surface area contributed by atoms with Crippen LogP contribution in [0.3, 0.4) is 0 Å². The van der Waals surface area contributed by atoms with Crippen LogP contribution in [-0.4, -0.2) is 60.1 Å². The zero-order chi connectivity index (χ0) is 18.8. The summed E-state index contributed by atoms with van der Waals surface area (Å²) in [6.45, 7) is 5.23. The highest BCUT2D eigenvalue weighted by atomic mass is 35.5. The fraction of sp³-hybridized carbons (Fsp3) is 0.667. The van der Waals surface area contributed by atoms with E-state index in [2.05, 4.69) is 15.9 Å². The molecule has 1 amide bonds. The SMILES string of the molecule is COc1ccc(Cl)c(CC2CCN(CC3CN(CC4CC4)C(=O)S3)CC2)c1. The first-order valence-electron chi connectivity index (χ1n) is 10.1. The monoisotopic (exact) mass is 408 g/mol. The number of nitrogens with zero attached hydrogens (tertiary/aromatic N) is 2. The Kier molecular flexibility index (Phi) is 6.20. The molecule has 4 rings (SSSR count). The van der Waals surface area contributed by atoms with Crippen LogP contribution < -0.4 is 4.74 Å². The molecule has 1 unspecified atom stereocenters. The molecule has 1 aromatic carbocycles. The summed E-state index contributed by atoms with van der Waals surface area (Å²) in [4.78, 5) is 16.8. The van der Waals surface area contributed by atoms with E-state index in [-0.39, 0.29) is 0 Å². The van der Waals surface area contributed by atoms with Crippen LogP contribution in [0.2, 0.25) is 5.02 Å². The minimum absolute atomic E-state index is 0.300. The van der Waals surface area contributed by atoms with Crippen LogP contribution in [-0.2, 0) is 6.42 Å². The first kappa shape index (κ1) is 19.4. The van der Waals surface area contributed by atoms with E-state index in [0.29, 0.717) is 16.4 Å². The van der Waals surface area contributed by atoms with Gasteiger partial charge in [0.25, 0.3) is 5.24 Å². The zero-order valence-electron chi connectivity index (χ0n) is 16.0. The fourth-order valence-corrected chi connectivity index (χ4v) is 5.56. The molecule has 148 valence electrons. The van der Waals surface area contributed by atoms with Crippen LogP contribution in [0.4, 0.5) is 4.79 Å². The van der Waals surface area contributed by atoms with Crippen molar-refractivity contribution in [2.45, 2.75) is 37.4 Å². The second kappa shape index (κ2) is 8.62. The molecule has 3 aliphatic rings. The molecular formula is C21H29ClN2O2S. The van der Waals surface area contributed by atoms with Gasteiger partial charge in [-0.1, -0.05) is 23.4 Å². The van der Waals surface area contributed by atoms with Gasteiger partial charge in [-0.3, -0.25) is 4.79 Å². The van der Waals surface area contributed by atoms with Gasteiger partial charge in [-0.2, -0.15) is 0 Å². The third-order valence-electron chi connectivity index (χ3n) is 6.06. The predicted molar refractivity (Wildman–Crippen MR) is 112 cm³/mol. The van der Waals surface area contributed by atoms with Crippen molar-refractivity contribution in [2.75, 3.05) is 39.8 Å². The minimum atomic E-state index is 0.300. The molecule has 1 aliphatic carbocycles. The van der Waals surface area contributed by atoms with Crippen LogP contribution in [0, 0.1) is 11.8 Å². The highest BCUT2D eigenvalue weighted by Crippen LogP contribution is 2.35. The number of likely N-dealkylation sites (tertiary alicyclic amines) is 1. The molecule has 0 radical (unpaired) electrons. The summed E-state index contributed by atoms with van der Waals surface area (Å²) in [6.07, 6.45) is 6.04. The summed E-state index contributed by atoms with van der Waals surface area (Å²) >= 11 is 7.94. The number of carbonyl (C=O) groups is 1. The molecule has 0 bridgehead atoms. The number of carbonyl (C=O) groups excluding carboxylic acids is 1. The van der Waals surface area contributed by atoms with E-state index in [9.17, 15) is 4.79 Å². The quantitative estimate of drug-likeness (QED) is 0.662. The second-order valence-corrected chi connectivity index (χ2v) is 9.92. The molecule has 1 atom stereocenters. The van der Waals surface area contributed by atoms with E-state index in [4.69, 9.17) is 16.3 Å². The van der Waals surface area contributed by atoms with Crippen molar-refractivity contribution in [1.82, 2.24) is 9.80 Å². The molecule has 2 saturated heterocycles. The first-order valence-corrected chi connectivity index (χ1v) is 11.4. The van der Waals surface area contributed by atoms with Crippen molar-refractivity contribution in [2.24, 2.45) is 11.8 Å². The van der Waals surface area contributed by atoms with Crippen LogP contribution in [0.5, 0.6) is 5.75 Å². The third-order valence-corrected chi connectivity index (χ3v) is 7.52. The number of thioether (sulfide) groups is 1. The van der Waals surface area contributed by atoms with E-state index in [1.54, 1.807) is 18.9 Å². The van der Waals surface area contributed by atoms with E-state index in [1.807, 2.05) is 12.1 Å². The normalized spacial score (nSPS) is 24.6. The Morgan fingerprint density at radius 2 is 1.93 bits per heavy atom. The number of hydrogen-bond acceptors (Lipinski definition) is 4. The van der Waals surface area contributed by atoms with Crippen molar-refractivity contribution in [1.29, 1.82) is 0 Å². The van der Waals surface area contributed by atoms with Crippen molar-refractivity contribution in [3.63, 3.8) is 0 Å². The van der Waals surface area contributed by atoms with Gasteiger partial charge in [-0.05, 0) is 80.8 Å². The third kappa shape index (κ3) is 5.12. The number of halogens is 1. The maximum absolute atomic E-state index is 12.2. The minimum Gasteiger partial charge on any atom is -0.497 e. The number of rotatable bonds is 7. The predicted octanol–water partition coefficient (Wildman–Crippen LogP) is 4.55. The lowest BCUT2D eigenvalue weighted by atomic mass is 9.90. The van der Waals surface area contributed by atoms with Gasteiger partial charge in [0.15, 0.2) is 0 Å². The highest BCUT2D eigenvalue weighted by molar-refractivity contribution is 8.14. The summed E-state index contributed by atoms with van der Waals surface area (Å²) < 4.78 is 5.33. The largest absolute Gasteiger partial charge is 0.497 e. The average molecular weight is 409 g/mol. The molecule has 1 aromatic rings. The molecule has 4 nitrogen and oxygen atoms in total. The van der Waals surface area contributed by atoms with Crippen molar-refractivity contribution >= 4 is 28.6 Å². The van der Waals surface area contributed by atoms with Gasteiger partial charge < -0.3 is 14.5 Å². The molecule has 6 heteroatoms. The van der Waals surface area contributed by atoms with Gasteiger partial charge in [0.2, 0.25) is 0 Å². The van der Waals surface area contributed by atoms with Gasteiger partial charge in [0, 0.05) is 29.9 Å². The zero-order valence-corrected chi connectivity index (χ0v) is 17.6. The topological polar surface area (TPSA) is 32.8 Å². The lowest BCUT2D eigenvalue weighted by Crippen LogP contribution is -2.39. The summed E-state index contributed by atoms with van der Waals surface area (Å²) in [5.74, 6) is 2.34. The Bertz CT molecular complexity index is 674. The number of hydrogen-bond donors (Lipinski definition) is 0. The Morgan fingerprint density at radius 3 is 2.63 bits per heavy atom. The number of amides is 1. The molecule has 2 heterocycles. The first-order chi connectivity index (χ1) is 13.1. The number of benzene rings is 1. The van der Waals surface area contributed by atoms with Gasteiger partial charge in [-0.15, -0.1) is 0 Å². The summed E-state index contributed by atoms with van der Waals surface area (Å²) in [6, 6.07) is 5.93. The Balaban J connectivity index is 1.23. The average Bonchev–Trinajstić information content (AvgIpc) is 3.42. The molecule has 0 spiro atoms. The summed E-state index contributed by atoms with van der Waals surface area (Å²) in [5, 5.41) is 1.59. The van der Waals surface area contributed by atoms with Gasteiger partial charge in [0.1, 0.15) is 5.75 Å². The Morgan fingerprint density at radius 1 is 1.15 bits per heavy atom. The van der Waals surface area contributed by atoms with E-state index >= 15 is 0 Å². The second-order valence-electron chi connectivity index (χ2n) is 8.26. The van der Waals surface area contributed by atoms with E-state index < -0.39 is 0 Å². The Labute approximate surface area is 171 Å². The number of methoxy groups -OCH3 is 1. The standard InChI is InChI=1S/C21H29ClN2O2S/c1-26-18-4-5-20(22)17(11-18)10-15-6-8-23(9-7-15)13-19-14-24(21(25)27-19)12-16-2-3-16/h4-5,11,15-16,19H,2-3,6-10,12-14H2,1H3. The summed E-state index contributed by atoms with van der Waals surface area (Å²) in [5.41, 5.74) is 1.20. The number of piperidine rings is 1. The molecule has 3 fully saturated rings. The van der Waals surface area contributed by atoms with Crippen molar-refractivity contribution in [3.05, 3.63) is 28.8 Å². The highest BCUT2D eigenvalue weighted by Gasteiger charge is 2.35. The van der Waals surface area contributed by atoms with E-state index in [1.165, 1.54) is 31.2 Å². The van der Waals surface area contributed by atoms with Gasteiger partial charge in [-0.25, -0.2) is 0 Å². The molecule has 0 N–H and O–H groups in total. The van der Waals surface area contributed by atoms with Gasteiger partial charge >= 0.3 is 0 Å². The molecule has 1 saturated carbocycles. The smallest absolute Gasteiger partial charge is 0.282 e. The lowest BCUT2D eigenvalue weighted by molar-refractivity contribution is 0.179. The number of ether oxygens (including phenoxy) is 1. The maximum Gasteiger partial charge on any atom is 0.282 e. The van der Waals surface area contributed by atoms with Crippen LogP contribution in [0.1, 0.15) is 31.2 Å². The molecule has 2 aliphatic heterocycles. The Hall–Kier alpha value is -0.910. The fourth-order valence-electron chi connectivity index (χ4n) is 4.24. The van der Waals surface area contributed by atoms with E-state index in [0.717, 1.165) is 55.8 Å². The molecule has 27 heavy (non-hydrogen) atoms. The maximum atomic E-state index is 12.2. The van der Waals surface area contributed by atoms with Crippen molar-refractivity contribution < 1.29 is 9.53 Å². The van der Waals surface area contributed by atoms with Crippen LogP contribution >= 0.6 is 23.4 Å². The van der Waals surface area contributed by atoms with Crippen LogP contribution in [0.15, 0.2) is 18.2 Å². The summed E-state index contributed by atoms with van der Waals surface area (Å²) in [7, 11) is 1.70. The molecule has 0 aromatic heterocycles. The molecular weight excluding hydrogens is 380 g/mol. The lowest BCUT2D eigenvalue weighted by Gasteiger charge is -2.33.